The van der Waals surface area contributed by atoms with Crippen LogP contribution in [-0.4, -0.2) is 26.5 Å². The number of aromatic hydroxyl groups is 1. The van der Waals surface area contributed by atoms with Crippen molar-refractivity contribution in [2.24, 2.45) is 4.99 Å². The Morgan fingerprint density at radius 1 is 1.30 bits per heavy atom. The fraction of sp³-hybridized carbons (Fsp3) is 0. The molecule has 0 saturated carbocycles. The number of rotatable bonds is 3. The van der Waals surface area contributed by atoms with Crippen LogP contribution in [0.5, 0.6) is 5.95 Å². The molecule has 0 atom stereocenters. The first kappa shape index (κ1) is 12.9. The van der Waals surface area contributed by atoms with Crippen LogP contribution in [0, 0.1) is 0 Å². The van der Waals surface area contributed by atoms with Gasteiger partial charge in [-0.2, -0.15) is 0 Å². The van der Waals surface area contributed by atoms with Gasteiger partial charge < -0.3 is 9.52 Å². The van der Waals surface area contributed by atoms with E-state index in [2.05, 4.69) is 36.1 Å². The van der Waals surface area contributed by atoms with E-state index in [9.17, 15) is 5.11 Å². The molecule has 0 aliphatic carbocycles. The first-order valence-electron chi connectivity index (χ1n) is 5.48. The van der Waals surface area contributed by atoms with Crippen LogP contribution in [0.1, 0.15) is 5.69 Å². The highest BCUT2D eigenvalue weighted by molar-refractivity contribution is 9.10. The molecule has 0 saturated heterocycles. The lowest BCUT2D eigenvalue weighted by molar-refractivity contribution is 0.337. The normalized spacial score (nSPS) is 11.2. The molecule has 6 nitrogen and oxygen atoms in total. The van der Waals surface area contributed by atoms with Crippen molar-refractivity contribution in [1.29, 1.82) is 0 Å². The van der Waals surface area contributed by atoms with E-state index in [1.807, 2.05) is 24.3 Å². The van der Waals surface area contributed by atoms with Gasteiger partial charge in [-0.3, -0.25) is 0 Å². The van der Waals surface area contributed by atoms with Gasteiger partial charge in [0.05, 0.1) is 6.21 Å². The number of oxazole rings is 1. The van der Waals surface area contributed by atoms with Crippen LogP contribution in [0.25, 0.3) is 11.5 Å². The van der Waals surface area contributed by atoms with Gasteiger partial charge in [0.15, 0.2) is 5.69 Å². The SMILES string of the molecule is Oc1oc(-c2ccc(Br)cc2)nc1C=Nc1nncs1. The molecule has 0 amide bonds. The molecule has 0 spiro atoms. The number of benzene rings is 1. The molecule has 2 heterocycles. The van der Waals surface area contributed by atoms with Crippen LogP contribution in [0.3, 0.4) is 0 Å². The smallest absolute Gasteiger partial charge is 0.312 e. The maximum absolute atomic E-state index is 9.71. The highest BCUT2D eigenvalue weighted by Crippen LogP contribution is 2.27. The first-order valence-corrected chi connectivity index (χ1v) is 7.15. The van der Waals surface area contributed by atoms with Crippen LogP contribution in [0.15, 0.2) is 43.7 Å². The van der Waals surface area contributed by atoms with Crippen LogP contribution in [-0.2, 0) is 0 Å². The molecule has 0 bridgehead atoms. The average Bonchev–Trinajstić information content (AvgIpc) is 3.07. The summed E-state index contributed by atoms with van der Waals surface area (Å²) in [5, 5.41) is 17.6. The highest BCUT2D eigenvalue weighted by Gasteiger charge is 2.12. The van der Waals surface area contributed by atoms with Crippen molar-refractivity contribution in [2.75, 3.05) is 0 Å². The third-order valence-corrected chi connectivity index (χ3v) is 3.50. The number of aliphatic imine (C=N–C) groups is 1. The van der Waals surface area contributed by atoms with Crippen LogP contribution in [0.2, 0.25) is 0 Å². The zero-order valence-electron chi connectivity index (χ0n) is 9.89. The van der Waals surface area contributed by atoms with Crippen molar-refractivity contribution in [2.45, 2.75) is 0 Å². The largest absolute Gasteiger partial charge is 0.479 e. The predicted molar refractivity (Wildman–Crippen MR) is 78.5 cm³/mol. The van der Waals surface area contributed by atoms with Gasteiger partial charge in [0.25, 0.3) is 0 Å². The van der Waals surface area contributed by atoms with E-state index in [0.717, 1.165) is 10.0 Å². The molecule has 100 valence electrons. The minimum atomic E-state index is -0.281. The van der Waals surface area contributed by atoms with Crippen LogP contribution in [0.4, 0.5) is 5.13 Å². The summed E-state index contributed by atoms with van der Waals surface area (Å²) in [4.78, 5) is 8.23. The number of aromatic nitrogens is 3. The van der Waals surface area contributed by atoms with Gasteiger partial charge in [-0.25, -0.2) is 9.98 Å². The molecule has 3 rings (SSSR count). The van der Waals surface area contributed by atoms with Gasteiger partial charge in [-0.05, 0) is 24.3 Å². The number of hydrogen-bond donors (Lipinski definition) is 1. The molecular formula is C12H7BrN4O2S. The predicted octanol–water partition coefficient (Wildman–Crippen LogP) is 3.41. The van der Waals surface area contributed by atoms with Gasteiger partial charge in [0, 0.05) is 10.0 Å². The topological polar surface area (TPSA) is 84.4 Å². The quantitative estimate of drug-likeness (QED) is 0.731. The number of halogens is 1. The maximum atomic E-state index is 9.71. The molecule has 0 aliphatic rings. The molecule has 20 heavy (non-hydrogen) atoms. The van der Waals surface area contributed by atoms with Gasteiger partial charge in [0.2, 0.25) is 11.0 Å². The van der Waals surface area contributed by atoms with Crippen molar-refractivity contribution >= 4 is 38.6 Å². The zero-order valence-corrected chi connectivity index (χ0v) is 12.3. The lowest BCUT2D eigenvalue weighted by atomic mass is 10.2. The third-order valence-electron chi connectivity index (χ3n) is 2.37. The Kier molecular flexibility index (Phi) is 3.57. The minimum absolute atomic E-state index is 0.248. The second-order valence-electron chi connectivity index (χ2n) is 3.70. The summed E-state index contributed by atoms with van der Waals surface area (Å²) >= 11 is 4.64. The lowest BCUT2D eigenvalue weighted by Crippen LogP contribution is -1.82. The highest BCUT2D eigenvalue weighted by atomic mass is 79.9. The van der Waals surface area contributed by atoms with E-state index in [0.29, 0.717) is 11.0 Å². The Labute approximate surface area is 126 Å². The van der Waals surface area contributed by atoms with Gasteiger partial charge in [-0.1, -0.05) is 27.3 Å². The molecule has 8 heteroatoms. The molecule has 1 N–H and O–H groups in total. The standard InChI is InChI=1S/C12H7BrN4O2S/c13-8-3-1-7(2-4-8)10-16-9(11(18)19-10)5-14-12-17-15-6-20-12/h1-6,18H. The Bertz CT molecular complexity index is 737. The Hall–Kier alpha value is -2.06. The van der Waals surface area contributed by atoms with Gasteiger partial charge in [0.1, 0.15) is 5.51 Å². The summed E-state index contributed by atoms with van der Waals surface area (Å²) in [6.45, 7) is 0. The summed E-state index contributed by atoms with van der Waals surface area (Å²) in [5.74, 6) is 0.0462. The number of hydrogen-bond acceptors (Lipinski definition) is 7. The molecule has 0 aliphatic heterocycles. The van der Waals surface area contributed by atoms with Crippen molar-refractivity contribution in [3.05, 3.63) is 39.9 Å². The van der Waals surface area contributed by atoms with Gasteiger partial charge in [-0.15, -0.1) is 10.2 Å². The Morgan fingerprint density at radius 3 is 2.80 bits per heavy atom. The maximum Gasteiger partial charge on any atom is 0.312 e. The number of nitrogens with zero attached hydrogens (tertiary/aromatic N) is 4. The van der Waals surface area contributed by atoms with E-state index in [-0.39, 0.29) is 11.6 Å². The van der Waals surface area contributed by atoms with E-state index in [4.69, 9.17) is 4.42 Å². The molecular weight excluding hydrogens is 344 g/mol. The minimum Gasteiger partial charge on any atom is -0.479 e. The fourth-order valence-electron chi connectivity index (χ4n) is 1.46. The first-order chi connectivity index (χ1) is 9.72. The van der Waals surface area contributed by atoms with Crippen LogP contribution >= 0.6 is 27.3 Å². The van der Waals surface area contributed by atoms with Crippen molar-refractivity contribution < 1.29 is 9.52 Å². The van der Waals surface area contributed by atoms with Crippen molar-refractivity contribution in [3.8, 4) is 17.4 Å². The summed E-state index contributed by atoms with van der Waals surface area (Å²) in [6.07, 6.45) is 1.39. The molecule has 2 aromatic heterocycles. The van der Waals surface area contributed by atoms with E-state index in [1.54, 1.807) is 5.51 Å². The fourth-order valence-corrected chi connectivity index (χ4v) is 2.12. The molecule has 3 aromatic rings. The van der Waals surface area contributed by atoms with Gasteiger partial charge >= 0.3 is 5.95 Å². The molecule has 0 radical (unpaired) electrons. The molecule has 0 fully saturated rings. The lowest BCUT2D eigenvalue weighted by Gasteiger charge is -1.94. The zero-order chi connectivity index (χ0) is 13.9. The summed E-state index contributed by atoms with van der Waals surface area (Å²) in [7, 11) is 0. The van der Waals surface area contributed by atoms with E-state index >= 15 is 0 Å². The summed E-state index contributed by atoms with van der Waals surface area (Å²) in [6, 6.07) is 7.40. The average molecular weight is 351 g/mol. The summed E-state index contributed by atoms with van der Waals surface area (Å²) < 4.78 is 6.17. The van der Waals surface area contributed by atoms with Crippen molar-refractivity contribution in [1.82, 2.24) is 15.2 Å². The van der Waals surface area contributed by atoms with Crippen molar-refractivity contribution in [3.63, 3.8) is 0 Å². The second kappa shape index (κ2) is 5.51. The Balaban J connectivity index is 1.89. The molecule has 1 aromatic carbocycles. The second-order valence-corrected chi connectivity index (χ2v) is 5.42. The van der Waals surface area contributed by atoms with Crippen LogP contribution < -0.4 is 0 Å². The summed E-state index contributed by atoms with van der Waals surface area (Å²) in [5.41, 5.74) is 2.58. The molecule has 0 unspecified atom stereocenters. The monoisotopic (exact) mass is 350 g/mol. The third kappa shape index (κ3) is 2.75. The Morgan fingerprint density at radius 2 is 2.10 bits per heavy atom. The van der Waals surface area contributed by atoms with E-state index < -0.39 is 0 Å². The van der Waals surface area contributed by atoms with E-state index in [1.165, 1.54) is 17.6 Å².